The van der Waals surface area contributed by atoms with Gasteiger partial charge >= 0.3 is 5.97 Å². The van der Waals surface area contributed by atoms with Crippen molar-refractivity contribution in [2.24, 2.45) is 5.92 Å². The van der Waals surface area contributed by atoms with Gasteiger partial charge in [0.05, 0.1) is 13.0 Å². The number of ether oxygens (including phenoxy) is 1. The molecule has 76 valence electrons. The topological polar surface area (TPSA) is 43.4 Å². The summed E-state index contributed by atoms with van der Waals surface area (Å²) in [5, 5.41) is 0. The fourth-order valence-electron chi connectivity index (χ4n) is 1.34. The van der Waals surface area contributed by atoms with Gasteiger partial charge < -0.3 is 4.74 Å². The summed E-state index contributed by atoms with van der Waals surface area (Å²) >= 11 is 0. The molecule has 0 aromatic rings. The number of esters is 1. The van der Waals surface area contributed by atoms with Gasteiger partial charge in [-0.3, -0.25) is 9.59 Å². The molecule has 0 amide bonds. The van der Waals surface area contributed by atoms with Gasteiger partial charge in [-0.2, -0.15) is 0 Å². The average Bonchev–Trinajstić information content (AvgIpc) is 2.21. The largest absolute Gasteiger partial charge is 0.469 e. The first-order chi connectivity index (χ1) is 6.24. The van der Waals surface area contributed by atoms with E-state index in [1.54, 1.807) is 0 Å². The van der Waals surface area contributed by atoms with E-state index in [-0.39, 0.29) is 17.7 Å². The molecule has 1 saturated carbocycles. The van der Waals surface area contributed by atoms with E-state index in [9.17, 15) is 9.59 Å². The van der Waals surface area contributed by atoms with Crippen molar-refractivity contribution in [1.29, 1.82) is 0 Å². The van der Waals surface area contributed by atoms with Gasteiger partial charge in [-0.15, -0.1) is 0 Å². The molecule has 0 unspecified atom stereocenters. The summed E-state index contributed by atoms with van der Waals surface area (Å²) in [5.74, 6) is 0.0698. The molecule has 0 saturated heterocycles. The summed E-state index contributed by atoms with van der Waals surface area (Å²) in [4.78, 5) is 21.7. The number of ketones is 1. The van der Waals surface area contributed by atoms with Crippen molar-refractivity contribution in [3.05, 3.63) is 0 Å². The van der Waals surface area contributed by atoms with Gasteiger partial charge in [-0.05, 0) is 12.8 Å². The summed E-state index contributed by atoms with van der Waals surface area (Å²) < 4.78 is 4.57. The molecule has 0 heterocycles. The first-order valence-corrected chi connectivity index (χ1v) is 4.83. The minimum absolute atomic E-state index is 0.0299. The standard InChI is InChI=1S/C8H12O3.C2H6/c1-11-8(10)6-2-4-7(9)5-3-6;1-2/h6H,2-5H2,1H3;1-2H3. The molecule has 1 fully saturated rings. The third kappa shape index (κ3) is 4.06. The van der Waals surface area contributed by atoms with E-state index in [2.05, 4.69) is 4.74 Å². The molecule has 0 aromatic heterocycles. The number of carbonyl (C=O) groups is 2. The molecule has 0 aromatic carbocycles. The van der Waals surface area contributed by atoms with Crippen molar-refractivity contribution in [3.8, 4) is 0 Å². The van der Waals surface area contributed by atoms with E-state index in [4.69, 9.17) is 0 Å². The number of hydrogen-bond donors (Lipinski definition) is 0. The van der Waals surface area contributed by atoms with Gasteiger partial charge in [-0.25, -0.2) is 0 Å². The maximum Gasteiger partial charge on any atom is 0.308 e. The second-order valence-electron chi connectivity index (χ2n) is 2.84. The smallest absolute Gasteiger partial charge is 0.308 e. The Morgan fingerprint density at radius 1 is 1.31 bits per heavy atom. The summed E-state index contributed by atoms with van der Waals surface area (Å²) in [6.45, 7) is 4.00. The Morgan fingerprint density at radius 3 is 2.15 bits per heavy atom. The highest BCUT2D eigenvalue weighted by atomic mass is 16.5. The number of hydrogen-bond acceptors (Lipinski definition) is 3. The Hall–Kier alpha value is -0.860. The Labute approximate surface area is 79.5 Å². The monoisotopic (exact) mass is 186 g/mol. The molecule has 3 nitrogen and oxygen atoms in total. The quantitative estimate of drug-likeness (QED) is 0.588. The second-order valence-corrected chi connectivity index (χ2v) is 2.84. The maximum absolute atomic E-state index is 10.9. The van der Waals surface area contributed by atoms with Gasteiger partial charge in [0.1, 0.15) is 5.78 Å². The minimum atomic E-state index is -0.169. The molecular weight excluding hydrogens is 168 g/mol. The Balaban J connectivity index is 0.000000671. The predicted molar refractivity (Wildman–Crippen MR) is 50.3 cm³/mol. The van der Waals surface area contributed by atoms with Crippen LogP contribution in [0.1, 0.15) is 39.5 Å². The lowest BCUT2D eigenvalue weighted by atomic mass is 9.89. The molecule has 1 aliphatic rings. The third-order valence-corrected chi connectivity index (χ3v) is 2.08. The zero-order valence-electron chi connectivity index (χ0n) is 8.63. The van der Waals surface area contributed by atoms with Crippen LogP contribution < -0.4 is 0 Å². The van der Waals surface area contributed by atoms with Gasteiger partial charge in [0.2, 0.25) is 0 Å². The van der Waals surface area contributed by atoms with E-state index < -0.39 is 0 Å². The van der Waals surface area contributed by atoms with Crippen LogP contribution in [0.3, 0.4) is 0 Å². The predicted octanol–water partition coefficient (Wildman–Crippen LogP) is 1.94. The molecule has 0 radical (unpaired) electrons. The van der Waals surface area contributed by atoms with Crippen molar-refractivity contribution in [3.63, 3.8) is 0 Å². The molecular formula is C10H18O3. The van der Waals surface area contributed by atoms with Crippen molar-refractivity contribution >= 4 is 11.8 Å². The lowest BCUT2D eigenvalue weighted by Gasteiger charge is -2.17. The van der Waals surface area contributed by atoms with E-state index in [1.165, 1.54) is 7.11 Å². The third-order valence-electron chi connectivity index (χ3n) is 2.08. The Bertz CT molecular complexity index is 165. The highest BCUT2D eigenvalue weighted by Gasteiger charge is 2.24. The molecule has 0 N–H and O–H groups in total. The van der Waals surface area contributed by atoms with E-state index in [1.807, 2.05) is 13.8 Å². The molecule has 1 rings (SSSR count). The molecule has 0 bridgehead atoms. The van der Waals surface area contributed by atoms with Gasteiger partial charge in [0.15, 0.2) is 0 Å². The summed E-state index contributed by atoms with van der Waals surface area (Å²) in [6, 6.07) is 0. The highest BCUT2D eigenvalue weighted by Crippen LogP contribution is 2.22. The summed E-state index contributed by atoms with van der Waals surface area (Å²) in [5.41, 5.74) is 0. The molecule has 13 heavy (non-hydrogen) atoms. The zero-order chi connectivity index (χ0) is 10.3. The van der Waals surface area contributed by atoms with Crippen molar-refractivity contribution < 1.29 is 14.3 Å². The molecule has 0 spiro atoms. The Kier molecular flexibility index (Phi) is 6.20. The van der Waals surface area contributed by atoms with Crippen LogP contribution in [0.2, 0.25) is 0 Å². The lowest BCUT2D eigenvalue weighted by Crippen LogP contribution is -2.22. The minimum Gasteiger partial charge on any atom is -0.469 e. The first kappa shape index (κ1) is 12.1. The van der Waals surface area contributed by atoms with Crippen LogP contribution in [0.15, 0.2) is 0 Å². The lowest BCUT2D eigenvalue weighted by molar-refractivity contribution is -0.147. The van der Waals surface area contributed by atoms with Crippen LogP contribution in [0.4, 0.5) is 0 Å². The number of Topliss-reactive ketones (excluding diaryl/α,β-unsaturated/α-hetero) is 1. The summed E-state index contributed by atoms with van der Waals surface area (Å²) in [7, 11) is 1.39. The van der Waals surface area contributed by atoms with E-state index >= 15 is 0 Å². The van der Waals surface area contributed by atoms with Crippen LogP contribution >= 0.6 is 0 Å². The van der Waals surface area contributed by atoms with Crippen LogP contribution in [-0.2, 0) is 14.3 Å². The first-order valence-electron chi connectivity index (χ1n) is 4.83. The normalized spacial score (nSPS) is 17.3. The van der Waals surface area contributed by atoms with Crippen LogP contribution in [0.5, 0.6) is 0 Å². The molecule has 0 atom stereocenters. The zero-order valence-corrected chi connectivity index (χ0v) is 8.63. The van der Waals surface area contributed by atoms with Crippen LogP contribution in [0, 0.1) is 5.92 Å². The van der Waals surface area contributed by atoms with Crippen molar-refractivity contribution in [2.45, 2.75) is 39.5 Å². The van der Waals surface area contributed by atoms with Gasteiger partial charge in [-0.1, -0.05) is 13.8 Å². The number of methoxy groups -OCH3 is 1. The highest BCUT2D eigenvalue weighted by molar-refractivity contribution is 5.82. The van der Waals surface area contributed by atoms with E-state index in [0.717, 1.165) is 0 Å². The van der Waals surface area contributed by atoms with Crippen LogP contribution in [0.25, 0.3) is 0 Å². The van der Waals surface area contributed by atoms with Crippen molar-refractivity contribution in [1.82, 2.24) is 0 Å². The van der Waals surface area contributed by atoms with Gasteiger partial charge in [0.25, 0.3) is 0 Å². The molecule has 3 heteroatoms. The van der Waals surface area contributed by atoms with Crippen LogP contribution in [-0.4, -0.2) is 18.9 Å². The van der Waals surface area contributed by atoms with Crippen molar-refractivity contribution in [2.75, 3.05) is 7.11 Å². The summed E-state index contributed by atoms with van der Waals surface area (Å²) in [6.07, 6.45) is 2.43. The number of rotatable bonds is 1. The second kappa shape index (κ2) is 6.63. The molecule has 1 aliphatic carbocycles. The SMILES string of the molecule is CC.COC(=O)C1CCC(=O)CC1. The maximum atomic E-state index is 10.9. The van der Waals surface area contributed by atoms with E-state index in [0.29, 0.717) is 25.7 Å². The average molecular weight is 186 g/mol. The Morgan fingerprint density at radius 2 is 1.77 bits per heavy atom. The molecule has 0 aliphatic heterocycles. The fourth-order valence-corrected chi connectivity index (χ4v) is 1.34. The number of carbonyl (C=O) groups excluding carboxylic acids is 2. The van der Waals surface area contributed by atoms with Gasteiger partial charge in [0, 0.05) is 12.8 Å². The fraction of sp³-hybridized carbons (Fsp3) is 0.800.